The Bertz CT molecular complexity index is 1120. The number of aromatic nitrogens is 1. The molecule has 0 aliphatic rings. The number of anilines is 1. The molecule has 3 aromatic rings. The standard InChI is InChI=1S/C27H32N4O3S/c1-19-10-12-20(13-11-19)25(26(34)30-27(2,3)4)31(18-21-8-7-17-35-21)24(33)15-14-23(32)29-22-9-5-6-16-28-22/h5-13,16-17,25H,14-15,18H2,1-4H3,(H,30,34)(H,28,29,32). The van der Waals surface area contributed by atoms with Crippen molar-refractivity contribution in [2.45, 2.75) is 58.7 Å². The molecule has 0 radical (unpaired) electrons. The quantitative estimate of drug-likeness (QED) is 0.446. The van der Waals surface area contributed by atoms with Crippen LogP contribution in [0.15, 0.2) is 66.2 Å². The smallest absolute Gasteiger partial charge is 0.247 e. The van der Waals surface area contributed by atoms with Crippen LogP contribution >= 0.6 is 11.3 Å². The summed E-state index contributed by atoms with van der Waals surface area (Å²) in [7, 11) is 0. The van der Waals surface area contributed by atoms with Crippen LogP contribution in [0.4, 0.5) is 5.82 Å². The van der Waals surface area contributed by atoms with Gasteiger partial charge in [-0.25, -0.2) is 4.98 Å². The molecule has 2 heterocycles. The fourth-order valence-electron chi connectivity index (χ4n) is 3.56. The Morgan fingerprint density at radius 3 is 2.34 bits per heavy atom. The molecule has 2 aromatic heterocycles. The van der Waals surface area contributed by atoms with E-state index >= 15 is 0 Å². The number of benzene rings is 1. The zero-order valence-electron chi connectivity index (χ0n) is 20.6. The molecule has 35 heavy (non-hydrogen) atoms. The highest BCUT2D eigenvalue weighted by atomic mass is 32.1. The van der Waals surface area contributed by atoms with E-state index in [-0.39, 0.29) is 37.1 Å². The van der Waals surface area contributed by atoms with Gasteiger partial charge in [-0.2, -0.15) is 0 Å². The van der Waals surface area contributed by atoms with Gasteiger partial charge in [0, 0.05) is 29.5 Å². The molecule has 0 fully saturated rings. The van der Waals surface area contributed by atoms with Gasteiger partial charge in [0.1, 0.15) is 11.9 Å². The Morgan fingerprint density at radius 2 is 1.74 bits per heavy atom. The monoisotopic (exact) mass is 492 g/mol. The summed E-state index contributed by atoms with van der Waals surface area (Å²) in [6, 6.07) is 15.9. The van der Waals surface area contributed by atoms with E-state index in [1.807, 2.05) is 69.5 Å². The number of thiophene rings is 1. The first kappa shape index (κ1) is 26.1. The van der Waals surface area contributed by atoms with Crippen molar-refractivity contribution in [2.75, 3.05) is 5.32 Å². The Kier molecular flexibility index (Phi) is 8.76. The highest BCUT2D eigenvalue weighted by Crippen LogP contribution is 2.27. The number of amides is 3. The second-order valence-electron chi connectivity index (χ2n) is 9.42. The second kappa shape index (κ2) is 11.8. The average molecular weight is 493 g/mol. The molecule has 3 rings (SSSR count). The van der Waals surface area contributed by atoms with E-state index in [1.165, 1.54) is 11.3 Å². The van der Waals surface area contributed by atoms with Crippen LogP contribution in [0.3, 0.4) is 0 Å². The molecule has 0 saturated carbocycles. The van der Waals surface area contributed by atoms with Gasteiger partial charge >= 0.3 is 0 Å². The van der Waals surface area contributed by atoms with Crippen LogP contribution < -0.4 is 10.6 Å². The fourth-order valence-corrected chi connectivity index (χ4v) is 4.26. The van der Waals surface area contributed by atoms with Crippen LogP contribution in [0.2, 0.25) is 0 Å². The molecule has 7 nitrogen and oxygen atoms in total. The summed E-state index contributed by atoms with van der Waals surface area (Å²) in [5.41, 5.74) is 1.31. The first-order chi connectivity index (χ1) is 16.6. The van der Waals surface area contributed by atoms with Gasteiger partial charge in [0.15, 0.2) is 0 Å². The molecule has 0 spiro atoms. The van der Waals surface area contributed by atoms with Crippen molar-refractivity contribution in [1.29, 1.82) is 0 Å². The summed E-state index contributed by atoms with van der Waals surface area (Å²) in [4.78, 5) is 46.1. The molecular weight excluding hydrogens is 460 g/mol. The third kappa shape index (κ3) is 8.03. The molecule has 0 saturated heterocycles. The molecule has 8 heteroatoms. The lowest BCUT2D eigenvalue weighted by Crippen LogP contribution is -2.49. The molecule has 0 aliphatic carbocycles. The number of aryl methyl sites for hydroxylation is 1. The first-order valence-electron chi connectivity index (χ1n) is 11.5. The van der Waals surface area contributed by atoms with E-state index in [2.05, 4.69) is 15.6 Å². The predicted molar refractivity (Wildman–Crippen MR) is 139 cm³/mol. The Balaban J connectivity index is 1.86. The topological polar surface area (TPSA) is 91.4 Å². The highest BCUT2D eigenvalue weighted by molar-refractivity contribution is 7.09. The average Bonchev–Trinajstić information content (AvgIpc) is 3.31. The number of pyridine rings is 1. The molecule has 184 valence electrons. The molecule has 0 aliphatic heterocycles. The van der Waals surface area contributed by atoms with Crippen molar-refractivity contribution in [3.63, 3.8) is 0 Å². The lowest BCUT2D eigenvalue weighted by molar-refractivity contribution is -0.142. The van der Waals surface area contributed by atoms with Crippen molar-refractivity contribution in [1.82, 2.24) is 15.2 Å². The summed E-state index contributed by atoms with van der Waals surface area (Å²) < 4.78 is 0. The molecular formula is C27H32N4O3S. The van der Waals surface area contributed by atoms with E-state index < -0.39 is 11.6 Å². The molecule has 1 aromatic carbocycles. The van der Waals surface area contributed by atoms with Crippen LogP contribution in [0.25, 0.3) is 0 Å². The van der Waals surface area contributed by atoms with E-state index in [1.54, 1.807) is 29.3 Å². The van der Waals surface area contributed by atoms with E-state index in [0.717, 1.165) is 16.0 Å². The maximum absolute atomic E-state index is 13.5. The normalized spacial score (nSPS) is 12.0. The van der Waals surface area contributed by atoms with Crippen molar-refractivity contribution in [3.05, 3.63) is 82.2 Å². The Hall–Kier alpha value is -3.52. The maximum Gasteiger partial charge on any atom is 0.247 e. The minimum absolute atomic E-state index is 0.0160. The fraction of sp³-hybridized carbons (Fsp3) is 0.333. The van der Waals surface area contributed by atoms with Crippen LogP contribution in [0, 0.1) is 6.92 Å². The number of hydrogen-bond donors (Lipinski definition) is 2. The van der Waals surface area contributed by atoms with Gasteiger partial charge in [0.25, 0.3) is 0 Å². The van der Waals surface area contributed by atoms with E-state index in [9.17, 15) is 14.4 Å². The highest BCUT2D eigenvalue weighted by Gasteiger charge is 2.33. The van der Waals surface area contributed by atoms with Crippen LogP contribution in [-0.2, 0) is 20.9 Å². The molecule has 1 unspecified atom stereocenters. The van der Waals surface area contributed by atoms with Crippen molar-refractivity contribution < 1.29 is 14.4 Å². The second-order valence-corrected chi connectivity index (χ2v) is 10.4. The zero-order valence-corrected chi connectivity index (χ0v) is 21.4. The van der Waals surface area contributed by atoms with Crippen LogP contribution in [0.5, 0.6) is 0 Å². The number of carbonyl (C=O) groups excluding carboxylic acids is 3. The van der Waals surface area contributed by atoms with Gasteiger partial charge in [-0.15, -0.1) is 11.3 Å². The molecule has 0 bridgehead atoms. The molecule has 3 amide bonds. The van der Waals surface area contributed by atoms with Gasteiger partial charge in [-0.05, 0) is 56.8 Å². The largest absolute Gasteiger partial charge is 0.349 e. The number of nitrogens with one attached hydrogen (secondary N) is 2. The van der Waals surface area contributed by atoms with E-state index in [4.69, 9.17) is 0 Å². The van der Waals surface area contributed by atoms with Gasteiger partial charge < -0.3 is 15.5 Å². The molecule has 1 atom stereocenters. The summed E-state index contributed by atoms with van der Waals surface area (Å²) in [6.45, 7) is 7.97. The third-order valence-corrected chi connectivity index (χ3v) is 6.04. The van der Waals surface area contributed by atoms with Gasteiger partial charge in [-0.1, -0.05) is 42.0 Å². The summed E-state index contributed by atoms with van der Waals surface area (Å²) in [5, 5.41) is 7.67. The number of rotatable bonds is 9. The minimum Gasteiger partial charge on any atom is -0.349 e. The van der Waals surface area contributed by atoms with Gasteiger partial charge in [0.05, 0.1) is 6.54 Å². The lowest BCUT2D eigenvalue weighted by atomic mass is 10.00. The maximum atomic E-state index is 13.5. The van der Waals surface area contributed by atoms with Gasteiger partial charge in [-0.3, -0.25) is 14.4 Å². The summed E-state index contributed by atoms with van der Waals surface area (Å²) in [5.74, 6) is -0.407. The lowest BCUT2D eigenvalue weighted by Gasteiger charge is -2.33. The van der Waals surface area contributed by atoms with E-state index in [0.29, 0.717) is 5.82 Å². The number of hydrogen-bond acceptors (Lipinski definition) is 5. The number of nitrogens with zero attached hydrogens (tertiary/aromatic N) is 2. The van der Waals surface area contributed by atoms with Crippen molar-refractivity contribution in [2.24, 2.45) is 0 Å². The third-order valence-electron chi connectivity index (χ3n) is 5.18. The van der Waals surface area contributed by atoms with Crippen LogP contribution in [-0.4, -0.2) is 33.1 Å². The Labute approximate surface area is 210 Å². The summed E-state index contributed by atoms with van der Waals surface area (Å²) >= 11 is 1.52. The van der Waals surface area contributed by atoms with Gasteiger partial charge in [0.2, 0.25) is 17.7 Å². The number of carbonyl (C=O) groups is 3. The zero-order chi connectivity index (χ0) is 25.4. The minimum atomic E-state index is -0.830. The SMILES string of the molecule is Cc1ccc(C(C(=O)NC(C)(C)C)N(Cc2cccs2)C(=O)CCC(=O)Nc2ccccn2)cc1. The first-order valence-corrected chi connectivity index (χ1v) is 12.4. The van der Waals surface area contributed by atoms with Crippen molar-refractivity contribution in [3.8, 4) is 0 Å². The van der Waals surface area contributed by atoms with Crippen molar-refractivity contribution >= 4 is 34.9 Å². The predicted octanol–water partition coefficient (Wildman–Crippen LogP) is 4.86. The Morgan fingerprint density at radius 1 is 1.00 bits per heavy atom. The van der Waals surface area contributed by atoms with Crippen LogP contribution in [0.1, 0.15) is 55.7 Å². The molecule has 2 N–H and O–H groups in total. The summed E-state index contributed by atoms with van der Waals surface area (Å²) in [6.07, 6.45) is 1.54.